The Balaban J connectivity index is 2.04. The van der Waals surface area contributed by atoms with Gasteiger partial charge in [-0.05, 0) is 43.2 Å². The number of amides is 1. The van der Waals surface area contributed by atoms with Crippen molar-refractivity contribution in [1.29, 1.82) is 5.26 Å². The van der Waals surface area contributed by atoms with Gasteiger partial charge in [0.2, 0.25) is 0 Å². The Morgan fingerprint density at radius 1 is 1.20 bits per heavy atom. The van der Waals surface area contributed by atoms with Crippen molar-refractivity contribution in [2.24, 2.45) is 0 Å². The maximum atomic E-state index is 12.3. The molecule has 0 aliphatic carbocycles. The molecule has 1 amide bonds. The molecule has 0 spiro atoms. The molecule has 5 heteroatoms. The summed E-state index contributed by atoms with van der Waals surface area (Å²) in [6.45, 7) is 3.85. The van der Waals surface area contributed by atoms with Crippen molar-refractivity contribution < 1.29 is 9.53 Å². The maximum Gasteiger partial charge on any atom is 0.267 e. The molecule has 0 saturated heterocycles. The molecule has 1 unspecified atom stereocenters. The molecule has 2 rings (SSSR count). The zero-order valence-corrected chi connectivity index (χ0v) is 14.5. The standard InChI is InChI=1S/C20H21N3O2/c1-14-6-4-5-7-19(14)23-20(24)17(12-21)13-22-15(2)16-8-10-18(25-3)11-9-16/h4-11,13,15,22H,1-3H3,(H,23,24)/b17-13-. The minimum Gasteiger partial charge on any atom is -0.497 e. The largest absolute Gasteiger partial charge is 0.497 e. The highest BCUT2D eigenvalue weighted by Gasteiger charge is 2.11. The van der Waals surface area contributed by atoms with Gasteiger partial charge in [0, 0.05) is 17.9 Å². The summed E-state index contributed by atoms with van der Waals surface area (Å²) in [5.74, 6) is 0.341. The molecule has 2 aromatic carbocycles. The van der Waals surface area contributed by atoms with Gasteiger partial charge in [-0.1, -0.05) is 30.3 Å². The zero-order valence-electron chi connectivity index (χ0n) is 14.5. The Labute approximate surface area is 147 Å². The van der Waals surface area contributed by atoms with Gasteiger partial charge < -0.3 is 15.4 Å². The van der Waals surface area contributed by atoms with Crippen LogP contribution in [-0.2, 0) is 4.79 Å². The lowest BCUT2D eigenvalue weighted by Crippen LogP contribution is -2.18. The number of aryl methyl sites for hydroxylation is 1. The highest BCUT2D eigenvalue weighted by atomic mass is 16.5. The van der Waals surface area contributed by atoms with Crippen LogP contribution in [0.1, 0.15) is 24.1 Å². The van der Waals surface area contributed by atoms with E-state index in [4.69, 9.17) is 4.74 Å². The fourth-order valence-electron chi connectivity index (χ4n) is 2.25. The number of nitriles is 1. The highest BCUT2D eigenvalue weighted by molar-refractivity contribution is 6.06. The summed E-state index contributed by atoms with van der Waals surface area (Å²) in [6, 6.07) is 16.9. The quantitative estimate of drug-likeness (QED) is 0.623. The first-order valence-corrected chi connectivity index (χ1v) is 7.92. The number of anilines is 1. The smallest absolute Gasteiger partial charge is 0.267 e. The second-order valence-electron chi connectivity index (χ2n) is 5.60. The van der Waals surface area contributed by atoms with Gasteiger partial charge in [0.15, 0.2) is 0 Å². The summed E-state index contributed by atoms with van der Waals surface area (Å²) in [5, 5.41) is 15.1. The molecular weight excluding hydrogens is 314 g/mol. The molecule has 0 aliphatic rings. The van der Waals surface area contributed by atoms with Crippen LogP contribution in [0.3, 0.4) is 0 Å². The van der Waals surface area contributed by atoms with Gasteiger partial charge in [0.05, 0.1) is 7.11 Å². The van der Waals surface area contributed by atoms with E-state index in [9.17, 15) is 10.1 Å². The first-order chi connectivity index (χ1) is 12.0. The van der Waals surface area contributed by atoms with E-state index in [-0.39, 0.29) is 11.6 Å². The summed E-state index contributed by atoms with van der Waals surface area (Å²) >= 11 is 0. The Bertz CT molecular complexity index is 804. The molecule has 0 fully saturated rings. The molecule has 128 valence electrons. The number of hydrogen-bond donors (Lipinski definition) is 2. The third kappa shape index (κ3) is 4.85. The molecule has 2 aromatic rings. The predicted molar refractivity (Wildman–Crippen MR) is 98.0 cm³/mol. The Hall–Kier alpha value is -3.26. The van der Waals surface area contributed by atoms with E-state index in [0.29, 0.717) is 5.69 Å². The monoisotopic (exact) mass is 335 g/mol. The maximum absolute atomic E-state index is 12.3. The van der Waals surface area contributed by atoms with E-state index >= 15 is 0 Å². The molecule has 25 heavy (non-hydrogen) atoms. The van der Waals surface area contributed by atoms with Crippen molar-refractivity contribution in [3.63, 3.8) is 0 Å². The first-order valence-electron chi connectivity index (χ1n) is 7.92. The van der Waals surface area contributed by atoms with Crippen LogP contribution in [0.4, 0.5) is 5.69 Å². The minimum absolute atomic E-state index is 0.0172. The van der Waals surface area contributed by atoms with Crippen molar-refractivity contribution in [3.05, 3.63) is 71.4 Å². The number of para-hydroxylation sites is 1. The predicted octanol–water partition coefficient (Wildman–Crippen LogP) is 3.70. The summed E-state index contributed by atoms with van der Waals surface area (Å²) in [7, 11) is 1.62. The lowest BCUT2D eigenvalue weighted by Gasteiger charge is -2.13. The van der Waals surface area contributed by atoms with E-state index in [1.807, 2.05) is 62.4 Å². The van der Waals surface area contributed by atoms with Crippen molar-refractivity contribution in [2.75, 3.05) is 12.4 Å². The number of benzene rings is 2. The third-order valence-corrected chi connectivity index (χ3v) is 3.85. The van der Waals surface area contributed by atoms with Gasteiger partial charge in [-0.15, -0.1) is 0 Å². The number of nitrogens with one attached hydrogen (secondary N) is 2. The number of hydrogen-bond acceptors (Lipinski definition) is 4. The van der Waals surface area contributed by atoms with Crippen LogP contribution in [0.5, 0.6) is 5.75 Å². The number of methoxy groups -OCH3 is 1. The third-order valence-electron chi connectivity index (χ3n) is 3.85. The van der Waals surface area contributed by atoms with Crippen LogP contribution in [0, 0.1) is 18.3 Å². The molecule has 1 atom stereocenters. The van der Waals surface area contributed by atoms with Crippen LogP contribution in [0.25, 0.3) is 0 Å². The number of nitrogens with zero attached hydrogens (tertiary/aromatic N) is 1. The van der Waals surface area contributed by atoms with Crippen molar-refractivity contribution in [2.45, 2.75) is 19.9 Å². The molecule has 0 bridgehead atoms. The van der Waals surface area contributed by atoms with Crippen LogP contribution >= 0.6 is 0 Å². The SMILES string of the molecule is COc1ccc(C(C)N/C=C(/C#N)C(=O)Nc2ccccc2C)cc1. The molecule has 0 aromatic heterocycles. The van der Waals surface area contributed by atoms with Crippen LogP contribution in [-0.4, -0.2) is 13.0 Å². The van der Waals surface area contributed by atoms with Gasteiger partial charge in [-0.2, -0.15) is 5.26 Å². The van der Waals surface area contributed by atoms with E-state index in [1.54, 1.807) is 13.2 Å². The van der Waals surface area contributed by atoms with E-state index in [0.717, 1.165) is 16.9 Å². The molecule has 2 N–H and O–H groups in total. The summed E-state index contributed by atoms with van der Waals surface area (Å²) in [4.78, 5) is 12.3. The molecular formula is C20H21N3O2. The molecule has 5 nitrogen and oxygen atoms in total. The Kier molecular flexibility index (Phi) is 6.19. The second-order valence-corrected chi connectivity index (χ2v) is 5.60. The van der Waals surface area contributed by atoms with E-state index in [1.165, 1.54) is 6.20 Å². The first kappa shape index (κ1) is 18.1. The van der Waals surface area contributed by atoms with Crippen molar-refractivity contribution >= 4 is 11.6 Å². The number of ether oxygens (including phenoxy) is 1. The summed E-state index contributed by atoms with van der Waals surface area (Å²) < 4.78 is 5.13. The lowest BCUT2D eigenvalue weighted by molar-refractivity contribution is -0.112. The van der Waals surface area contributed by atoms with Crippen LogP contribution in [0.15, 0.2) is 60.3 Å². The molecule has 0 radical (unpaired) electrons. The Morgan fingerprint density at radius 3 is 2.48 bits per heavy atom. The molecule has 0 saturated carbocycles. The summed E-state index contributed by atoms with van der Waals surface area (Å²) in [5.41, 5.74) is 2.67. The lowest BCUT2D eigenvalue weighted by atomic mass is 10.1. The van der Waals surface area contributed by atoms with Crippen LogP contribution in [0.2, 0.25) is 0 Å². The van der Waals surface area contributed by atoms with Gasteiger partial charge in [0.25, 0.3) is 5.91 Å². The van der Waals surface area contributed by atoms with E-state index in [2.05, 4.69) is 10.6 Å². The highest BCUT2D eigenvalue weighted by Crippen LogP contribution is 2.18. The second kappa shape index (κ2) is 8.55. The zero-order chi connectivity index (χ0) is 18.2. The fourth-order valence-corrected chi connectivity index (χ4v) is 2.25. The van der Waals surface area contributed by atoms with Gasteiger partial charge >= 0.3 is 0 Å². The number of rotatable bonds is 6. The number of carbonyl (C=O) groups is 1. The Morgan fingerprint density at radius 2 is 1.88 bits per heavy atom. The van der Waals surface area contributed by atoms with Gasteiger partial charge in [0.1, 0.15) is 17.4 Å². The van der Waals surface area contributed by atoms with Crippen LogP contribution < -0.4 is 15.4 Å². The van der Waals surface area contributed by atoms with Crippen molar-refractivity contribution in [1.82, 2.24) is 5.32 Å². The van der Waals surface area contributed by atoms with E-state index < -0.39 is 5.91 Å². The normalized spacial score (nSPS) is 12.0. The van der Waals surface area contributed by atoms with Gasteiger partial charge in [-0.3, -0.25) is 4.79 Å². The average Bonchev–Trinajstić information content (AvgIpc) is 2.64. The minimum atomic E-state index is -0.439. The number of carbonyl (C=O) groups excluding carboxylic acids is 1. The van der Waals surface area contributed by atoms with Gasteiger partial charge in [-0.25, -0.2) is 0 Å². The topological polar surface area (TPSA) is 74.1 Å². The molecule has 0 heterocycles. The molecule has 0 aliphatic heterocycles. The fraction of sp³-hybridized carbons (Fsp3) is 0.200. The summed E-state index contributed by atoms with van der Waals surface area (Å²) in [6.07, 6.45) is 1.45. The van der Waals surface area contributed by atoms with Crippen molar-refractivity contribution in [3.8, 4) is 11.8 Å². The average molecular weight is 335 g/mol.